The number of nitrogens with one attached hydrogen (secondary N) is 2. The molecule has 0 fully saturated rings. The summed E-state index contributed by atoms with van der Waals surface area (Å²) in [6.45, 7) is 3.99. The summed E-state index contributed by atoms with van der Waals surface area (Å²) in [6.07, 6.45) is 2.06. The number of carbonyl (C=O) groups is 2. The second-order valence-electron chi connectivity index (χ2n) is 6.91. The fourth-order valence-electron chi connectivity index (χ4n) is 3.60. The van der Waals surface area contributed by atoms with E-state index in [4.69, 9.17) is 4.74 Å². The quantitative estimate of drug-likeness (QED) is 0.403. The highest BCUT2D eigenvalue weighted by molar-refractivity contribution is 7.17. The number of aryl methyl sites for hydroxylation is 1. The lowest BCUT2D eigenvalue weighted by atomic mass is 10.0. The minimum absolute atomic E-state index is 0.175. The van der Waals surface area contributed by atoms with Gasteiger partial charge in [0.15, 0.2) is 0 Å². The Labute approximate surface area is 178 Å². The van der Waals surface area contributed by atoms with Gasteiger partial charge in [0, 0.05) is 27.5 Å². The number of rotatable bonds is 6. The van der Waals surface area contributed by atoms with Crippen molar-refractivity contribution in [3.05, 3.63) is 76.8 Å². The monoisotopic (exact) mass is 418 g/mol. The second kappa shape index (κ2) is 8.55. The van der Waals surface area contributed by atoms with Crippen LogP contribution >= 0.6 is 11.3 Å². The first-order valence-corrected chi connectivity index (χ1v) is 10.6. The molecule has 0 bridgehead atoms. The zero-order valence-electron chi connectivity index (χ0n) is 16.8. The van der Waals surface area contributed by atoms with Crippen molar-refractivity contribution in [1.29, 1.82) is 0 Å². The Balaban J connectivity index is 1.66. The lowest BCUT2D eigenvalue weighted by Gasteiger charge is -2.09. The van der Waals surface area contributed by atoms with Crippen LogP contribution in [0.1, 0.15) is 27.7 Å². The maximum absolute atomic E-state index is 12.8. The van der Waals surface area contributed by atoms with Gasteiger partial charge in [-0.05, 0) is 31.0 Å². The largest absolute Gasteiger partial charge is 0.462 e. The smallest absolute Gasteiger partial charge is 0.341 e. The topological polar surface area (TPSA) is 71.2 Å². The number of carbonyl (C=O) groups excluding carboxylic acids is 2. The van der Waals surface area contributed by atoms with Gasteiger partial charge in [-0.2, -0.15) is 0 Å². The SMILES string of the molecule is CCOC(=O)c1c(NC(=O)Cc2c[nH]c3ccccc23)sc(C)c1-c1ccccc1. The van der Waals surface area contributed by atoms with E-state index in [-0.39, 0.29) is 18.9 Å². The fraction of sp³-hybridized carbons (Fsp3) is 0.167. The van der Waals surface area contributed by atoms with E-state index in [0.717, 1.165) is 32.5 Å². The zero-order valence-corrected chi connectivity index (χ0v) is 17.6. The Kier molecular flexibility index (Phi) is 5.68. The minimum Gasteiger partial charge on any atom is -0.462 e. The van der Waals surface area contributed by atoms with Gasteiger partial charge in [0.05, 0.1) is 13.0 Å². The Bertz CT molecular complexity index is 1210. The molecule has 1 amide bonds. The van der Waals surface area contributed by atoms with E-state index in [1.54, 1.807) is 6.92 Å². The van der Waals surface area contributed by atoms with Crippen LogP contribution in [0, 0.1) is 6.92 Å². The lowest BCUT2D eigenvalue weighted by Crippen LogP contribution is -2.16. The highest BCUT2D eigenvalue weighted by Crippen LogP contribution is 2.40. The van der Waals surface area contributed by atoms with E-state index in [2.05, 4.69) is 10.3 Å². The van der Waals surface area contributed by atoms with Crippen LogP contribution in [-0.4, -0.2) is 23.5 Å². The molecule has 0 spiro atoms. The third-order valence-corrected chi connectivity index (χ3v) is 5.93. The molecule has 5 nitrogen and oxygen atoms in total. The van der Waals surface area contributed by atoms with E-state index in [0.29, 0.717) is 10.6 Å². The van der Waals surface area contributed by atoms with E-state index in [1.165, 1.54) is 11.3 Å². The standard InChI is InChI=1S/C24H22N2O3S/c1-3-29-24(28)22-21(16-9-5-4-6-10-16)15(2)30-23(22)26-20(27)13-17-14-25-19-12-8-7-11-18(17)19/h4-12,14,25H,3,13H2,1-2H3,(H,26,27). The molecule has 4 aromatic rings. The van der Waals surface area contributed by atoms with Gasteiger partial charge in [0.2, 0.25) is 5.91 Å². The number of fused-ring (bicyclic) bond motifs is 1. The van der Waals surface area contributed by atoms with Gasteiger partial charge in [-0.1, -0.05) is 48.5 Å². The molecule has 6 heteroatoms. The zero-order chi connectivity index (χ0) is 21.1. The summed E-state index contributed by atoms with van der Waals surface area (Å²) in [5, 5.41) is 4.49. The number of aromatic nitrogens is 1. The summed E-state index contributed by atoms with van der Waals surface area (Å²) < 4.78 is 5.30. The van der Waals surface area contributed by atoms with Crippen molar-refractivity contribution in [2.24, 2.45) is 0 Å². The summed E-state index contributed by atoms with van der Waals surface area (Å²) in [5.74, 6) is -0.603. The van der Waals surface area contributed by atoms with Gasteiger partial charge < -0.3 is 15.0 Å². The number of benzene rings is 2. The van der Waals surface area contributed by atoms with Crippen LogP contribution in [0.25, 0.3) is 22.0 Å². The molecule has 2 aromatic carbocycles. The van der Waals surface area contributed by atoms with Crippen LogP contribution in [0.15, 0.2) is 60.8 Å². The third-order valence-electron chi connectivity index (χ3n) is 4.91. The van der Waals surface area contributed by atoms with Crippen molar-refractivity contribution in [2.45, 2.75) is 20.3 Å². The van der Waals surface area contributed by atoms with Gasteiger partial charge in [-0.25, -0.2) is 4.79 Å². The van der Waals surface area contributed by atoms with Gasteiger partial charge >= 0.3 is 5.97 Å². The van der Waals surface area contributed by atoms with Gasteiger partial charge in [0.25, 0.3) is 0 Å². The van der Waals surface area contributed by atoms with E-state index < -0.39 is 5.97 Å². The minimum atomic E-state index is -0.428. The maximum atomic E-state index is 12.8. The first kappa shape index (κ1) is 19.9. The summed E-state index contributed by atoms with van der Waals surface area (Å²) in [4.78, 5) is 29.8. The molecular formula is C24H22N2O3S. The Hall–Kier alpha value is -3.38. The number of hydrogen-bond donors (Lipinski definition) is 2. The molecule has 2 aromatic heterocycles. The molecule has 0 atom stereocenters. The number of ether oxygens (including phenoxy) is 1. The Morgan fingerprint density at radius 1 is 1.07 bits per heavy atom. The van der Waals surface area contributed by atoms with Gasteiger partial charge in [-0.3, -0.25) is 4.79 Å². The highest BCUT2D eigenvalue weighted by atomic mass is 32.1. The molecule has 0 saturated carbocycles. The molecule has 30 heavy (non-hydrogen) atoms. The molecule has 0 saturated heterocycles. The molecule has 0 unspecified atom stereocenters. The molecule has 2 heterocycles. The molecule has 0 aliphatic heterocycles. The predicted molar refractivity (Wildman–Crippen MR) is 121 cm³/mol. The molecule has 2 N–H and O–H groups in total. The normalized spacial score (nSPS) is 10.9. The van der Waals surface area contributed by atoms with E-state index in [9.17, 15) is 9.59 Å². The first-order chi connectivity index (χ1) is 14.6. The Morgan fingerprint density at radius 3 is 2.57 bits per heavy atom. The van der Waals surface area contributed by atoms with E-state index in [1.807, 2.05) is 67.7 Å². The van der Waals surface area contributed by atoms with Crippen LogP contribution in [0.5, 0.6) is 0 Å². The number of H-pyrrole nitrogens is 1. The number of esters is 1. The van der Waals surface area contributed by atoms with Crippen LogP contribution in [0.4, 0.5) is 5.00 Å². The van der Waals surface area contributed by atoms with Crippen LogP contribution in [0.3, 0.4) is 0 Å². The summed E-state index contributed by atoms with van der Waals surface area (Å²) in [6, 6.07) is 17.6. The average molecular weight is 419 g/mol. The number of anilines is 1. The van der Waals surface area contributed by atoms with Crippen LogP contribution in [0.2, 0.25) is 0 Å². The molecule has 0 radical (unpaired) electrons. The maximum Gasteiger partial charge on any atom is 0.341 e. The number of aromatic amines is 1. The summed E-state index contributed by atoms with van der Waals surface area (Å²) in [5.41, 5.74) is 4.05. The fourth-order valence-corrected chi connectivity index (χ4v) is 4.69. The number of hydrogen-bond acceptors (Lipinski definition) is 4. The third kappa shape index (κ3) is 3.86. The lowest BCUT2D eigenvalue weighted by molar-refractivity contribution is -0.115. The Morgan fingerprint density at radius 2 is 1.80 bits per heavy atom. The molecule has 152 valence electrons. The average Bonchev–Trinajstić information content (AvgIpc) is 3.29. The van der Waals surface area contributed by atoms with Crippen molar-refractivity contribution >= 4 is 39.1 Å². The van der Waals surface area contributed by atoms with Gasteiger partial charge in [0.1, 0.15) is 10.6 Å². The first-order valence-electron chi connectivity index (χ1n) is 9.79. The number of amides is 1. The molecule has 0 aliphatic carbocycles. The number of para-hydroxylation sites is 1. The molecule has 0 aliphatic rings. The van der Waals surface area contributed by atoms with E-state index >= 15 is 0 Å². The predicted octanol–water partition coefficient (Wildman–Crippen LogP) is 5.56. The van der Waals surface area contributed by atoms with Gasteiger partial charge in [-0.15, -0.1) is 11.3 Å². The molecular weight excluding hydrogens is 396 g/mol. The summed E-state index contributed by atoms with van der Waals surface area (Å²) >= 11 is 1.39. The van der Waals surface area contributed by atoms with Crippen molar-refractivity contribution in [3.8, 4) is 11.1 Å². The van der Waals surface area contributed by atoms with Crippen molar-refractivity contribution < 1.29 is 14.3 Å². The number of thiophene rings is 1. The second-order valence-corrected chi connectivity index (χ2v) is 8.13. The highest BCUT2D eigenvalue weighted by Gasteiger charge is 2.25. The van der Waals surface area contributed by atoms with Crippen molar-refractivity contribution in [1.82, 2.24) is 4.98 Å². The van der Waals surface area contributed by atoms with Crippen LogP contribution < -0.4 is 5.32 Å². The van der Waals surface area contributed by atoms with Crippen molar-refractivity contribution in [2.75, 3.05) is 11.9 Å². The summed E-state index contributed by atoms with van der Waals surface area (Å²) in [7, 11) is 0. The molecule has 4 rings (SSSR count). The van der Waals surface area contributed by atoms with Crippen LogP contribution in [-0.2, 0) is 16.0 Å². The van der Waals surface area contributed by atoms with Crippen molar-refractivity contribution in [3.63, 3.8) is 0 Å².